The van der Waals surface area contributed by atoms with E-state index >= 15 is 0 Å². The Balaban J connectivity index is 2.45. The summed E-state index contributed by atoms with van der Waals surface area (Å²) in [5.41, 5.74) is 0.521. The smallest absolute Gasteiger partial charge is 0.313 e. The maximum absolute atomic E-state index is 11.0. The number of nitrogens with one attached hydrogen (secondary N) is 1. The van der Waals surface area contributed by atoms with Crippen molar-refractivity contribution in [1.29, 1.82) is 0 Å². The van der Waals surface area contributed by atoms with E-state index in [-0.39, 0.29) is 11.4 Å². The number of hydrogen-bond donors (Lipinski definition) is 1. The van der Waals surface area contributed by atoms with Crippen LogP contribution in [-0.2, 0) is 0 Å². The van der Waals surface area contributed by atoms with Crippen molar-refractivity contribution in [2.75, 3.05) is 11.9 Å². The molecule has 8 heteroatoms. The van der Waals surface area contributed by atoms with Crippen molar-refractivity contribution in [3.8, 4) is 11.3 Å². The maximum atomic E-state index is 11.0. The Morgan fingerprint density at radius 3 is 2.68 bits per heavy atom. The van der Waals surface area contributed by atoms with Gasteiger partial charge in [0.15, 0.2) is 5.69 Å². The van der Waals surface area contributed by atoms with Crippen molar-refractivity contribution >= 4 is 11.6 Å². The van der Waals surface area contributed by atoms with Gasteiger partial charge in [-0.3, -0.25) is 10.1 Å². The lowest BCUT2D eigenvalue weighted by Crippen LogP contribution is -2.06. The third-order valence-corrected chi connectivity index (χ3v) is 2.33. The van der Waals surface area contributed by atoms with Crippen molar-refractivity contribution in [2.45, 2.75) is 13.3 Å². The minimum atomic E-state index is -0.522. The molecule has 0 aromatic carbocycles. The third-order valence-electron chi connectivity index (χ3n) is 2.33. The van der Waals surface area contributed by atoms with E-state index in [0.717, 1.165) is 6.42 Å². The van der Waals surface area contributed by atoms with Crippen molar-refractivity contribution in [3.05, 3.63) is 35.0 Å². The molecule has 2 aromatic rings. The van der Waals surface area contributed by atoms with Gasteiger partial charge in [-0.15, -0.1) is 0 Å². The number of hydrogen-bond acceptors (Lipinski definition) is 7. The largest absolute Gasteiger partial charge is 0.354 e. The van der Waals surface area contributed by atoms with Crippen molar-refractivity contribution < 1.29 is 4.92 Å². The lowest BCUT2D eigenvalue weighted by molar-refractivity contribution is -0.384. The van der Waals surface area contributed by atoms with Gasteiger partial charge in [-0.25, -0.2) is 19.9 Å². The zero-order valence-electron chi connectivity index (χ0n) is 10.3. The molecule has 0 aliphatic carbocycles. The average molecular weight is 260 g/mol. The van der Waals surface area contributed by atoms with E-state index in [1.807, 2.05) is 6.92 Å². The van der Waals surface area contributed by atoms with Gasteiger partial charge in [-0.1, -0.05) is 6.92 Å². The lowest BCUT2D eigenvalue weighted by atomic mass is 10.2. The van der Waals surface area contributed by atoms with Crippen LogP contribution in [0.15, 0.2) is 24.9 Å². The fourth-order valence-corrected chi connectivity index (χ4v) is 1.46. The summed E-state index contributed by atoms with van der Waals surface area (Å²) >= 11 is 0. The summed E-state index contributed by atoms with van der Waals surface area (Å²) in [5, 5.41) is 14.0. The van der Waals surface area contributed by atoms with Crippen LogP contribution in [0.3, 0.4) is 0 Å². The predicted octanol–water partition coefficient (Wildman–Crippen LogP) is 1.66. The monoisotopic (exact) mass is 260 g/mol. The first-order chi connectivity index (χ1) is 9.22. The standard InChI is InChI=1S/C11H12N6O2/c1-2-3-14-11-15-6-9(17(18)19)10(16-11)8-4-12-7-13-5-8/h4-7H,2-3H2,1H3,(H,14,15,16). The molecule has 0 amide bonds. The number of rotatable bonds is 5. The molecule has 0 atom stereocenters. The summed E-state index contributed by atoms with van der Waals surface area (Å²) in [6.45, 7) is 2.70. The molecule has 0 radical (unpaired) electrons. The SMILES string of the molecule is CCCNc1ncc([N+](=O)[O-])c(-c2cncnc2)n1. The first-order valence-corrected chi connectivity index (χ1v) is 5.73. The van der Waals surface area contributed by atoms with Gasteiger partial charge in [0.25, 0.3) is 0 Å². The van der Waals surface area contributed by atoms with Gasteiger partial charge in [-0.05, 0) is 6.42 Å². The second-order valence-electron chi connectivity index (χ2n) is 3.74. The normalized spacial score (nSPS) is 10.2. The van der Waals surface area contributed by atoms with E-state index < -0.39 is 4.92 Å². The van der Waals surface area contributed by atoms with Crippen LogP contribution in [-0.4, -0.2) is 31.4 Å². The third kappa shape index (κ3) is 2.97. The molecule has 0 saturated carbocycles. The highest BCUT2D eigenvalue weighted by Crippen LogP contribution is 2.26. The molecule has 2 aromatic heterocycles. The van der Waals surface area contributed by atoms with Crippen LogP contribution in [0.5, 0.6) is 0 Å². The number of aromatic nitrogens is 4. The van der Waals surface area contributed by atoms with Crippen LogP contribution in [0.1, 0.15) is 13.3 Å². The van der Waals surface area contributed by atoms with E-state index in [0.29, 0.717) is 18.1 Å². The Morgan fingerprint density at radius 1 is 1.32 bits per heavy atom. The summed E-state index contributed by atoms with van der Waals surface area (Å²) in [4.78, 5) is 26.2. The van der Waals surface area contributed by atoms with Gasteiger partial charge in [0.2, 0.25) is 5.95 Å². The fraction of sp³-hybridized carbons (Fsp3) is 0.273. The molecule has 0 aliphatic rings. The average Bonchev–Trinajstić information content (AvgIpc) is 2.45. The second-order valence-corrected chi connectivity index (χ2v) is 3.74. The summed E-state index contributed by atoms with van der Waals surface area (Å²) in [5.74, 6) is 0.353. The first-order valence-electron chi connectivity index (χ1n) is 5.73. The fourth-order valence-electron chi connectivity index (χ4n) is 1.46. The lowest BCUT2D eigenvalue weighted by Gasteiger charge is -2.05. The molecule has 0 bridgehead atoms. The Kier molecular flexibility index (Phi) is 3.91. The molecule has 0 aliphatic heterocycles. The van der Waals surface area contributed by atoms with Crippen LogP contribution in [0.4, 0.5) is 11.6 Å². The van der Waals surface area contributed by atoms with Gasteiger partial charge in [-0.2, -0.15) is 0 Å². The van der Waals surface area contributed by atoms with E-state index in [1.54, 1.807) is 0 Å². The number of nitro groups is 1. The highest BCUT2D eigenvalue weighted by atomic mass is 16.6. The number of anilines is 1. The molecular weight excluding hydrogens is 248 g/mol. The molecular formula is C11H12N6O2. The highest BCUT2D eigenvalue weighted by Gasteiger charge is 2.19. The molecule has 0 spiro atoms. The predicted molar refractivity (Wildman–Crippen MR) is 68.5 cm³/mol. The quantitative estimate of drug-likeness (QED) is 0.643. The summed E-state index contributed by atoms with van der Waals surface area (Å²) < 4.78 is 0. The molecule has 98 valence electrons. The second kappa shape index (κ2) is 5.80. The Labute approximate surface area is 109 Å². The van der Waals surface area contributed by atoms with Gasteiger partial charge in [0.05, 0.1) is 4.92 Å². The van der Waals surface area contributed by atoms with E-state index in [4.69, 9.17) is 0 Å². The van der Waals surface area contributed by atoms with Gasteiger partial charge < -0.3 is 5.32 Å². The molecule has 2 heterocycles. The molecule has 8 nitrogen and oxygen atoms in total. The summed E-state index contributed by atoms with van der Waals surface area (Å²) in [7, 11) is 0. The highest BCUT2D eigenvalue weighted by molar-refractivity contribution is 5.68. The van der Waals surface area contributed by atoms with E-state index in [9.17, 15) is 10.1 Å². The number of nitrogens with zero attached hydrogens (tertiary/aromatic N) is 5. The minimum absolute atomic E-state index is 0.170. The first kappa shape index (κ1) is 12.8. The zero-order chi connectivity index (χ0) is 13.7. The Hall–Kier alpha value is -2.64. The van der Waals surface area contributed by atoms with Crippen LogP contribution < -0.4 is 5.32 Å². The molecule has 0 fully saturated rings. The topological polar surface area (TPSA) is 107 Å². The summed E-state index contributed by atoms with van der Waals surface area (Å²) in [6, 6.07) is 0. The van der Waals surface area contributed by atoms with E-state index in [2.05, 4.69) is 25.3 Å². The van der Waals surface area contributed by atoms with Crippen molar-refractivity contribution in [2.24, 2.45) is 0 Å². The van der Waals surface area contributed by atoms with Crippen LogP contribution in [0.25, 0.3) is 11.3 Å². The van der Waals surface area contributed by atoms with Gasteiger partial charge in [0.1, 0.15) is 12.5 Å². The molecule has 1 N–H and O–H groups in total. The summed E-state index contributed by atoms with van der Waals surface area (Å²) in [6.07, 6.45) is 6.40. The molecule has 0 saturated heterocycles. The maximum Gasteiger partial charge on any atom is 0.313 e. The molecule has 0 unspecified atom stereocenters. The molecule has 19 heavy (non-hydrogen) atoms. The molecule has 2 rings (SSSR count). The van der Waals surface area contributed by atoms with Crippen LogP contribution in [0.2, 0.25) is 0 Å². The van der Waals surface area contributed by atoms with Gasteiger partial charge in [0, 0.05) is 24.5 Å². The minimum Gasteiger partial charge on any atom is -0.354 e. The van der Waals surface area contributed by atoms with E-state index in [1.165, 1.54) is 24.9 Å². The van der Waals surface area contributed by atoms with Crippen molar-refractivity contribution in [1.82, 2.24) is 19.9 Å². The van der Waals surface area contributed by atoms with Crippen LogP contribution in [0, 0.1) is 10.1 Å². The Bertz CT molecular complexity index is 575. The van der Waals surface area contributed by atoms with Crippen LogP contribution >= 0.6 is 0 Å². The zero-order valence-corrected chi connectivity index (χ0v) is 10.3. The Morgan fingerprint density at radius 2 is 2.05 bits per heavy atom. The van der Waals surface area contributed by atoms with Gasteiger partial charge >= 0.3 is 5.69 Å². The van der Waals surface area contributed by atoms with Crippen molar-refractivity contribution in [3.63, 3.8) is 0 Å².